The Morgan fingerprint density at radius 2 is 2.12 bits per heavy atom. The van der Waals surface area contributed by atoms with Crippen LogP contribution in [0.3, 0.4) is 0 Å². The van der Waals surface area contributed by atoms with Crippen molar-refractivity contribution in [3.05, 3.63) is 36.0 Å². The highest BCUT2D eigenvalue weighted by Crippen LogP contribution is 2.46. The molecule has 1 saturated heterocycles. The Balaban J connectivity index is 1.63. The van der Waals surface area contributed by atoms with E-state index in [1.54, 1.807) is 11.9 Å². The number of hydrogen-bond donors (Lipinski definition) is 2. The zero-order valence-corrected chi connectivity index (χ0v) is 13.8. The van der Waals surface area contributed by atoms with E-state index in [4.69, 9.17) is 4.74 Å². The molecule has 1 amide bonds. The Bertz CT molecular complexity index is 809. The molecule has 2 fully saturated rings. The molecule has 2 aromatic rings. The Labute approximate surface area is 140 Å². The summed E-state index contributed by atoms with van der Waals surface area (Å²) in [4.78, 5) is 30.0. The number of hydrogen-bond acceptors (Lipinski definition) is 4. The first kappa shape index (κ1) is 15.2. The van der Waals surface area contributed by atoms with Gasteiger partial charge in [0, 0.05) is 24.1 Å². The molecule has 6 nitrogen and oxygen atoms in total. The van der Waals surface area contributed by atoms with Gasteiger partial charge < -0.3 is 14.6 Å². The van der Waals surface area contributed by atoms with Crippen LogP contribution >= 0.6 is 0 Å². The van der Waals surface area contributed by atoms with Gasteiger partial charge in [-0.05, 0) is 30.9 Å². The number of aromatic amines is 1. The summed E-state index contributed by atoms with van der Waals surface area (Å²) < 4.78 is 4.96. The fraction of sp³-hybridized carbons (Fsp3) is 0.444. The predicted octanol–water partition coefficient (Wildman–Crippen LogP) is 1.21. The van der Waals surface area contributed by atoms with Crippen LogP contribution in [-0.4, -0.2) is 53.5 Å². The van der Waals surface area contributed by atoms with Crippen LogP contribution in [0.25, 0.3) is 10.9 Å². The van der Waals surface area contributed by atoms with Crippen molar-refractivity contribution in [3.8, 4) is 0 Å². The largest absolute Gasteiger partial charge is 0.468 e. The highest BCUT2D eigenvalue weighted by atomic mass is 16.5. The standard InChI is InChI=1S/C18H21N3O3/c1-21-16(22)14(20-15(17(23)24-2)18(21)7-8-18)9-11-10-19-13-6-4-3-5-12(11)13/h3-6,10,14-15,19-20H,7-9H2,1-2H3/t14-,15+/m0/s1. The van der Waals surface area contributed by atoms with E-state index in [0.29, 0.717) is 6.42 Å². The van der Waals surface area contributed by atoms with Crippen LogP contribution in [0.5, 0.6) is 0 Å². The lowest BCUT2D eigenvalue weighted by Gasteiger charge is -2.42. The minimum Gasteiger partial charge on any atom is -0.468 e. The van der Waals surface area contributed by atoms with Crippen molar-refractivity contribution < 1.29 is 14.3 Å². The molecule has 6 heteroatoms. The molecule has 2 N–H and O–H groups in total. The molecule has 2 aliphatic rings. The molecule has 24 heavy (non-hydrogen) atoms. The number of ether oxygens (including phenoxy) is 1. The first-order valence-corrected chi connectivity index (χ1v) is 8.23. The lowest BCUT2D eigenvalue weighted by molar-refractivity contribution is -0.153. The normalized spacial score (nSPS) is 25.2. The number of esters is 1. The molecule has 0 unspecified atom stereocenters. The third kappa shape index (κ3) is 2.13. The zero-order valence-electron chi connectivity index (χ0n) is 13.8. The smallest absolute Gasteiger partial charge is 0.325 e. The zero-order chi connectivity index (χ0) is 16.9. The van der Waals surface area contributed by atoms with Crippen LogP contribution in [0, 0.1) is 0 Å². The summed E-state index contributed by atoms with van der Waals surface area (Å²) in [6, 6.07) is 7.13. The molecular formula is C18H21N3O3. The maximum atomic E-state index is 12.8. The Kier molecular flexibility index (Phi) is 3.38. The number of piperazine rings is 1. The number of carbonyl (C=O) groups is 2. The van der Waals surface area contributed by atoms with Gasteiger partial charge in [0.05, 0.1) is 18.7 Å². The minimum atomic E-state index is -0.458. The third-order valence-corrected chi connectivity index (χ3v) is 5.50. The molecule has 1 spiro atoms. The number of likely N-dealkylation sites (N-methyl/N-ethyl adjacent to an activating group) is 1. The van der Waals surface area contributed by atoms with Crippen molar-refractivity contribution in [2.24, 2.45) is 0 Å². The van der Waals surface area contributed by atoms with Gasteiger partial charge in [-0.25, -0.2) is 0 Å². The number of nitrogens with one attached hydrogen (secondary N) is 2. The van der Waals surface area contributed by atoms with Gasteiger partial charge in [-0.2, -0.15) is 0 Å². The van der Waals surface area contributed by atoms with Crippen molar-refractivity contribution in [2.75, 3.05) is 14.2 Å². The summed E-state index contributed by atoms with van der Waals surface area (Å²) in [7, 11) is 3.19. The molecular weight excluding hydrogens is 306 g/mol. The number of benzene rings is 1. The number of H-pyrrole nitrogens is 1. The highest BCUT2D eigenvalue weighted by molar-refractivity contribution is 5.90. The molecule has 126 valence electrons. The maximum absolute atomic E-state index is 12.8. The maximum Gasteiger partial charge on any atom is 0.325 e. The summed E-state index contributed by atoms with van der Waals surface area (Å²) in [5.74, 6) is -0.256. The fourth-order valence-electron chi connectivity index (χ4n) is 3.90. The molecule has 2 atom stereocenters. The molecule has 1 aliphatic heterocycles. The molecule has 2 heterocycles. The van der Waals surface area contributed by atoms with Gasteiger partial charge >= 0.3 is 5.97 Å². The highest BCUT2D eigenvalue weighted by Gasteiger charge is 2.61. The summed E-state index contributed by atoms with van der Waals surface area (Å²) in [5, 5.41) is 4.37. The Hall–Kier alpha value is -2.34. The molecule has 1 aromatic heterocycles. The molecule has 1 saturated carbocycles. The van der Waals surface area contributed by atoms with Crippen LogP contribution in [0.2, 0.25) is 0 Å². The van der Waals surface area contributed by atoms with Gasteiger partial charge in [0.2, 0.25) is 5.91 Å². The summed E-state index contributed by atoms with van der Waals surface area (Å²) in [6.45, 7) is 0. The van der Waals surface area contributed by atoms with E-state index < -0.39 is 17.6 Å². The SMILES string of the molecule is COC(=O)[C@H]1N[C@@H](Cc2c[nH]c3ccccc23)C(=O)N(C)C12CC2. The van der Waals surface area contributed by atoms with Gasteiger partial charge in [-0.1, -0.05) is 18.2 Å². The average Bonchev–Trinajstić information content (AvgIpc) is 3.30. The van der Waals surface area contributed by atoms with Crippen molar-refractivity contribution in [1.29, 1.82) is 0 Å². The van der Waals surface area contributed by atoms with E-state index in [1.165, 1.54) is 7.11 Å². The monoisotopic (exact) mass is 327 g/mol. The number of carbonyl (C=O) groups excluding carboxylic acids is 2. The molecule has 1 aliphatic carbocycles. The molecule has 1 aromatic carbocycles. The first-order valence-electron chi connectivity index (χ1n) is 8.23. The fourth-order valence-corrected chi connectivity index (χ4v) is 3.90. The number of rotatable bonds is 3. The van der Waals surface area contributed by atoms with E-state index in [-0.39, 0.29) is 11.9 Å². The molecule has 0 bridgehead atoms. The van der Waals surface area contributed by atoms with Gasteiger partial charge in [0.1, 0.15) is 6.04 Å². The second-order valence-corrected chi connectivity index (χ2v) is 6.74. The topological polar surface area (TPSA) is 74.4 Å². The third-order valence-electron chi connectivity index (χ3n) is 5.50. The van der Waals surface area contributed by atoms with E-state index in [2.05, 4.69) is 10.3 Å². The van der Waals surface area contributed by atoms with Crippen molar-refractivity contribution >= 4 is 22.8 Å². The van der Waals surface area contributed by atoms with Crippen LogP contribution in [0.4, 0.5) is 0 Å². The van der Waals surface area contributed by atoms with Crippen molar-refractivity contribution in [2.45, 2.75) is 36.9 Å². The van der Waals surface area contributed by atoms with Crippen LogP contribution in [0.15, 0.2) is 30.5 Å². The van der Waals surface area contributed by atoms with E-state index in [9.17, 15) is 9.59 Å². The van der Waals surface area contributed by atoms with Crippen LogP contribution in [0.1, 0.15) is 18.4 Å². The van der Waals surface area contributed by atoms with Crippen molar-refractivity contribution in [3.63, 3.8) is 0 Å². The van der Waals surface area contributed by atoms with Crippen LogP contribution < -0.4 is 5.32 Å². The average molecular weight is 327 g/mol. The number of fused-ring (bicyclic) bond motifs is 1. The summed E-state index contributed by atoms with van der Waals surface area (Å²) in [6.07, 6.45) is 4.15. The second-order valence-electron chi connectivity index (χ2n) is 6.74. The lowest BCUT2D eigenvalue weighted by atomic mass is 9.94. The van der Waals surface area contributed by atoms with Crippen LogP contribution in [-0.2, 0) is 20.7 Å². The quantitative estimate of drug-likeness (QED) is 0.831. The number of aromatic nitrogens is 1. The van der Waals surface area contributed by atoms with Gasteiger partial charge in [0.15, 0.2) is 0 Å². The minimum absolute atomic E-state index is 0.0398. The lowest BCUT2D eigenvalue weighted by Crippen LogP contribution is -2.68. The summed E-state index contributed by atoms with van der Waals surface area (Å²) >= 11 is 0. The summed E-state index contributed by atoms with van der Waals surface area (Å²) in [5.41, 5.74) is 1.72. The molecule has 4 rings (SSSR count). The number of nitrogens with zero attached hydrogens (tertiary/aromatic N) is 1. The van der Waals surface area contributed by atoms with Gasteiger partial charge in [-0.3, -0.25) is 14.9 Å². The second kappa shape index (κ2) is 5.34. The number of amides is 1. The van der Waals surface area contributed by atoms with E-state index >= 15 is 0 Å². The van der Waals surface area contributed by atoms with Crippen molar-refractivity contribution in [1.82, 2.24) is 15.2 Å². The van der Waals surface area contributed by atoms with Gasteiger partial charge in [0.25, 0.3) is 0 Å². The van der Waals surface area contributed by atoms with Gasteiger partial charge in [-0.15, -0.1) is 0 Å². The Morgan fingerprint density at radius 3 is 2.83 bits per heavy atom. The number of para-hydroxylation sites is 1. The van der Waals surface area contributed by atoms with E-state index in [1.807, 2.05) is 30.5 Å². The Morgan fingerprint density at radius 1 is 1.38 bits per heavy atom. The predicted molar refractivity (Wildman–Crippen MR) is 89.5 cm³/mol. The van der Waals surface area contributed by atoms with E-state index in [0.717, 1.165) is 29.3 Å². The first-order chi connectivity index (χ1) is 11.6. The molecule has 0 radical (unpaired) electrons. The number of methoxy groups -OCH3 is 1.